The number of benzene rings is 2. The number of piperazine rings is 1. The van der Waals surface area contributed by atoms with Crippen molar-refractivity contribution in [3.63, 3.8) is 0 Å². The van der Waals surface area contributed by atoms with Gasteiger partial charge in [0.15, 0.2) is 0 Å². The summed E-state index contributed by atoms with van der Waals surface area (Å²) in [7, 11) is 1.49. The second kappa shape index (κ2) is 8.60. The van der Waals surface area contributed by atoms with Gasteiger partial charge in [-0.15, -0.1) is 0 Å². The van der Waals surface area contributed by atoms with Gasteiger partial charge < -0.3 is 15.1 Å². The van der Waals surface area contributed by atoms with E-state index in [1.54, 1.807) is 22.8 Å². The van der Waals surface area contributed by atoms with E-state index >= 15 is 0 Å². The molecule has 2 fully saturated rings. The van der Waals surface area contributed by atoms with Crippen molar-refractivity contribution >= 4 is 11.9 Å². The van der Waals surface area contributed by atoms with Gasteiger partial charge in [-0.25, -0.2) is 9.18 Å². The Morgan fingerprint density at radius 3 is 2.53 bits per heavy atom. The van der Waals surface area contributed by atoms with Crippen molar-refractivity contribution in [2.24, 2.45) is 0 Å². The first-order valence-electron chi connectivity index (χ1n) is 11.2. The number of carbonyl (C=O) groups excluding carboxylic acids is 2. The Balaban J connectivity index is 2.02. The van der Waals surface area contributed by atoms with E-state index in [9.17, 15) is 27.2 Å². The van der Waals surface area contributed by atoms with E-state index in [1.807, 2.05) is 25.1 Å². The third kappa shape index (κ3) is 3.71. The molecular formula is C25H27F4N3O2. The maximum absolute atomic E-state index is 14.5. The van der Waals surface area contributed by atoms with Crippen LogP contribution in [0.1, 0.15) is 47.9 Å². The highest BCUT2D eigenvalue weighted by Crippen LogP contribution is 2.52. The Morgan fingerprint density at radius 1 is 1.18 bits per heavy atom. The highest BCUT2D eigenvalue weighted by Gasteiger charge is 2.59. The molecule has 2 heterocycles. The Morgan fingerprint density at radius 2 is 1.88 bits per heavy atom. The number of hydrogen-bond acceptors (Lipinski definition) is 2. The van der Waals surface area contributed by atoms with Crippen molar-refractivity contribution < 1.29 is 27.2 Å². The molecule has 182 valence electrons. The predicted octanol–water partition coefficient (Wildman–Crippen LogP) is 4.80. The summed E-state index contributed by atoms with van der Waals surface area (Å²) in [5.74, 6) is -1.82. The van der Waals surface area contributed by atoms with Gasteiger partial charge in [-0.3, -0.25) is 4.79 Å². The van der Waals surface area contributed by atoms with Gasteiger partial charge in [-0.05, 0) is 48.2 Å². The third-order valence-corrected chi connectivity index (χ3v) is 7.29. The van der Waals surface area contributed by atoms with E-state index < -0.39 is 41.1 Å². The molecule has 3 amide bonds. The zero-order chi connectivity index (χ0) is 24.8. The fourth-order valence-corrected chi connectivity index (χ4v) is 5.83. The number of fused-ring (bicyclic) bond motifs is 1. The Labute approximate surface area is 195 Å². The number of nitrogens with one attached hydrogen (secondary N) is 1. The fraction of sp³-hybridized carbons (Fsp3) is 0.440. The number of carbonyl (C=O) groups is 2. The maximum atomic E-state index is 14.5. The molecule has 2 saturated heterocycles. The summed E-state index contributed by atoms with van der Waals surface area (Å²) in [6.07, 6.45) is -4.01. The lowest BCUT2D eigenvalue weighted by Gasteiger charge is -2.57. The summed E-state index contributed by atoms with van der Waals surface area (Å²) in [4.78, 5) is 29.3. The minimum Gasteiger partial charge on any atom is -0.341 e. The van der Waals surface area contributed by atoms with Crippen molar-refractivity contribution in [1.29, 1.82) is 0 Å². The van der Waals surface area contributed by atoms with Crippen LogP contribution in [-0.2, 0) is 16.5 Å². The lowest BCUT2D eigenvalue weighted by atomic mass is 9.66. The highest BCUT2D eigenvalue weighted by molar-refractivity contribution is 5.81. The number of nitrogens with zero attached hydrogens (tertiary/aromatic N) is 2. The van der Waals surface area contributed by atoms with Crippen LogP contribution < -0.4 is 5.32 Å². The molecule has 0 aliphatic carbocycles. The van der Waals surface area contributed by atoms with Gasteiger partial charge in [-0.1, -0.05) is 31.2 Å². The minimum absolute atomic E-state index is 0.0538. The molecule has 0 bridgehead atoms. The molecule has 0 radical (unpaired) electrons. The normalized spacial score (nSPS) is 23.6. The van der Waals surface area contributed by atoms with Gasteiger partial charge in [0.25, 0.3) is 0 Å². The molecule has 2 aromatic carbocycles. The molecule has 5 nitrogen and oxygen atoms in total. The summed E-state index contributed by atoms with van der Waals surface area (Å²) in [6.45, 7) is 4.11. The third-order valence-electron chi connectivity index (χ3n) is 7.29. The molecule has 0 saturated carbocycles. The number of halogens is 4. The molecule has 2 aliphatic rings. The first kappa shape index (κ1) is 24.0. The van der Waals surface area contributed by atoms with Crippen LogP contribution in [0.25, 0.3) is 0 Å². The summed E-state index contributed by atoms with van der Waals surface area (Å²) in [5.41, 5.74) is -0.612. The number of rotatable bonds is 3. The van der Waals surface area contributed by atoms with Crippen LogP contribution in [-0.4, -0.2) is 47.9 Å². The van der Waals surface area contributed by atoms with Gasteiger partial charge in [0.2, 0.25) is 5.91 Å². The van der Waals surface area contributed by atoms with Crippen LogP contribution in [0.3, 0.4) is 0 Å². The number of urea groups is 1. The van der Waals surface area contributed by atoms with E-state index in [4.69, 9.17) is 0 Å². The van der Waals surface area contributed by atoms with Gasteiger partial charge in [0, 0.05) is 32.5 Å². The smallest absolute Gasteiger partial charge is 0.341 e. The first-order chi connectivity index (χ1) is 16.0. The van der Waals surface area contributed by atoms with Crippen LogP contribution in [0, 0.1) is 12.7 Å². The molecule has 0 spiro atoms. The quantitative estimate of drug-likeness (QED) is 0.646. The van der Waals surface area contributed by atoms with E-state index in [0.29, 0.717) is 19.0 Å². The zero-order valence-corrected chi connectivity index (χ0v) is 19.2. The molecule has 2 aliphatic heterocycles. The number of amides is 3. The van der Waals surface area contributed by atoms with Crippen molar-refractivity contribution in [2.45, 2.75) is 50.4 Å². The lowest BCUT2D eigenvalue weighted by Crippen LogP contribution is -2.69. The fourth-order valence-electron chi connectivity index (χ4n) is 5.83. The van der Waals surface area contributed by atoms with Gasteiger partial charge >= 0.3 is 12.2 Å². The predicted molar refractivity (Wildman–Crippen MR) is 119 cm³/mol. The second-order valence-corrected chi connectivity index (χ2v) is 8.98. The van der Waals surface area contributed by atoms with Crippen LogP contribution in [0.2, 0.25) is 0 Å². The van der Waals surface area contributed by atoms with Gasteiger partial charge in [0.1, 0.15) is 5.82 Å². The van der Waals surface area contributed by atoms with Gasteiger partial charge in [0.05, 0.1) is 17.1 Å². The molecule has 4 rings (SSSR count). The van der Waals surface area contributed by atoms with E-state index in [0.717, 1.165) is 23.3 Å². The van der Waals surface area contributed by atoms with Crippen LogP contribution in [0.4, 0.5) is 22.4 Å². The zero-order valence-electron chi connectivity index (χ0n) is 19.2. The number of alkyl halides is 3. The topological polar surface area (TPSA) is 52.7 Å². The summed E-state index contributed by atoms with van der Waals surface area (Å²) < 4.78 is 55.2. The summed E-state index contributed by atoms with van der Waals surface area (Å²) in [6, 6.07) is 9.00. The second-order valence-electron chi connectivity index (χ2n) is 8.98. The number of hydrogen-bond donors (Lipinski definition) is 1. The van der Waals surface area contributed by atoms with Gasteiger partial charge in [-0.2, -0.15) is 13.2 Å². The Bertz CT molecular complexity index is 1120. The SMILES string of the molecule is CNC(=O)N1CCN2C(=O)CCC2C1(c1ccccc1C)[C@H](C)c1cc(F)cc(C(F)(F)F)c1. The lowest BCUT2D eigenvalue weighted by molar-refractivity contribution is -0.137. The average molecular weight is 478 g/mol. The van der Waals surface area contributed by atoms with Crippen LogP contribution in [0.5, 0.6) is 0 Å². The standard InChI is InChI=1S/C25H27F4N3O2/c1-15-6-4-5-7-20(15)24(16(2)17-12-18(25(27,28)29)14-19(26)13-17)21-8-9-22(33)31(21)10-11-32(24)23(34)30-3/h4-7,12-14,16,21H,8-11H2,1-3H3,(H,30,34)/t16-,21?,24?/m1/s1. The van der Waals surface area contributed by atoms with Crippen molar-refractivity contribution in [3.8, 4) is 0 Å². The molecule has 2 unspecified atom stereocenters. The van der Waals surface area contributed by atoms with E-state index in [2.05, 4.69) is 5.32 Å². The van der Waals surface area contributed by atoms with E-state index in [1.165, 1.54) is 7.05 Å². The van der Waals surface area contributed by atoms with Crippen LogP contribution in [0.15, 0.2) is 42.5 Å². The molecule has 34 heavy (non-hydrogen) atoms. The Hall–Kier alpha value is -3.10. The molecule has 2 aromatic rings. The van der Waals surface area contributed by atoms with Crippen LogP contribution >= 0.6 is 0 Å². The summed E-state index contributed by atoms with van der Waals surface area (Å²) in [5, 5.41) is 2.65. The monoisotopic (exact) mass is 477 g/mol. The highest BCUT2D eigenvalue weighted by atomic mass is 19.4. The average Bonchev–Trinajstić information content (AvgIpc) is 3.18. The first-order valence-corrected chi connectivity index (χ1v) is 11.2. The summed E-state index contributed by atoms with van der Waals surface area (Å²) >= 11 is 0. The largest absolute Gasteiger partial charge is 0.416 e. The Kier molecular flexibility index (Phi) is 6.08. The van der Waals surface area contributed by atoms with Crippen molar-refractivity contribution in [1.82, 2.24) is 15.1 Å². The molecular weight excluding hydrogens is 450 g/mol. The molecule has 9 heteroatoms. The molecule has 1 N–H and O–H groups in total. The van der Waals surface area contributed by atoms with Crippen molar-refractivity contribution in [3.05, 3.63) is 70.5 Å². The minimum atomic E-state index is -4.73. The molecule has 3 atom stereocenters. The van der Waals surface area contributed by atoms with Crippen molar-refractivity contribution in [2.75, 3.05) is 20.1 Å². The van der Waals surface area contributed by atoms with E-state index in [-0.39, 0.29) is 24.4 Å². The maximum Gasteiger partial charge on any atom is 0.416 e. The molecule has 0 aromatic heterocycles. The number of aryl methyl sites for hydroxylation is 1.